The van der Waals surface area contributed by atoms with Gasteiger partial charge in [0.2, 0.25) is 5.91 Å². The minimum atomic E-state index is -0.507. The molecule has 0 atom stereocenters. The van der Waals surface area contributed by atoms with Crippen molar-refractivity contribution in [1.29, 1.82) is 0 Å². The number of esters is 1. The van der Waals surface area contributed by atoms with E-state index in [1.54, 1.807) is 43.3 Å². The van der Waals surface area contributed by atoms with E-state index in [9.17, 15) is 14.4 Å². The van der Waals surface area contributed by atoms with E-state index in [1.807, 2.05) is 0 Å². The highest BCUT2D eigenvalue weighted by atomic mass is 35.5. The summed E-state index contributed by atoms with van der Waals surface area (Å²) in [6.07, 6.45) is 0.0619. The summed E-state index contributed by atoms with van der Waals surface area (Å²) in [6, 6.07) is 11.6. The number of hydrogen-bond acceptors (Lipinski definition) is 5. The molecule has 146 valence electrons. The summed E-state index contributed by atoms with van der Waals surface area (Å²) in [5, 5.41) is 0.237. The zero-order valence-corrected chi connectivity index (χ0v) is 16.1. The summed E-state index contributed by atoms with van der Waals surface area (Å²) < 4.78 is 4.98. The first kappa shape index (κ1) is 19.7. The first-order valence-electron chi connectivity index (χ1n) is 8.84. The molecular weight excluding hydrogens is 382 g/mol. The third-order valence-electron chi connectivity index (χ3n) is 4.37. The van der Waals surface area contributed by atoms with Crippen molar-refractivity contribution in [3.63, 3.8) is 0 Å². The fourth-order valence-electron chi connectivity index (χ4n) is 3.09. The van der Waals surface area contributed by atoms with Crippen LogP contribution < -0.4 is 15.5 Å². The first-order valence-corrected chi connectivity index (χ1v) is 9.22. The van der Waals surface area contributed by atoms with Gasteiger partial charge in [0.15, 0.2) is 0 Å². The lowest BCUT2D eigenvalue weighted by molar-refractivity contribution is -0.142. The largest absolute Gasteiger partial charge is 0.465 e. The van der Waals surface area contributed by atoms with Gasteiger partial charge < -0.3 is 15.4 Å². The minimum Gasteiger partial charge on any atom is -0.465 e. The second-order valence-corrected chi connectivity index (χ2v) is 6.63. The van der Waals surface area contributed by atoms with E-state index >= 15 is 0 Å². The van der Waals surface area contributed by atoms with Crippen molar-refractivity contribution >= 4 is 46.4 Å². The molecule has 0 spiro atoms. The number of carbonyl (C=O) groups excluding carboxylic acids is 3. The molecule has 1 heterocycles. The van der Waals surface area contributed by atoms with Gasteiger partial charge in [-0.2, -0.15) is 0 Å². The number of rotatable bonds is 4. The molecule has 7 nitrogen and oxygen atoms in total. The normalized spacial score (nSPS) is 13.7. The van der Waals surface area contributed by atoms with Crippen LogP contribution in [0.2, 0.25) is 5.02 Å². The van der Waals surface area contributed by atoms with Gasteiger partial charge in [0.25, 0.3) is 5.91 Å². The third kappa shape index (κ3) is 3.94. The van der Waals surface area contributed by atoms with Gasteiger partial charge in [-0.25, -0.2) is 0 Å². The zero-order valence-electron chi connectivity index (χ0n) is 15.4. The zero-order chi connectivity index (χ0) is 20.3. The van der Waals surface area contributed by atoms with Crippen LogP contribution in [0.3, 0.4) is 0 Å². The number of hydrogen-bond donors (Lipinski definition) is 1. The molecule has 0 radical (unpaired) electrons. The quantitative estimate of drug-likeness (QED) is 0.628. The Morgan fingerprint density at radius 1 is 1.18 bits per heavy atom. The number of para-hydroxylation sites is 2. The van der Waals surface area contributed by atoms with Gasteiger partial charge in [-0.1, -0.05) is 23.7 Å². The monoisotopic (exact) mass is 401 g/mol. The Balaban J connectivity index is 2.00. The van der Waals surface area contributed by atoms with Crippen LogP contribution in [0.25, 0.3) is 0 Å². The summed E-state index contributed by atoms with van der Waals surface area (Å²) in [7, 11) is 0. The van der Waals surface area contributed by atoms with Crippen LogP contribution in [0.1, 0.15) is 23.7 Å². The van der Waals surface area contributed by atoms with Crippen LogP contribution in [-0.2, 0) is 14.3 Å². The maximum absolute atomic E-state index is 13.2. The van der Waals surface area contributed by atoms with Crippen molar-refractivity contribution in [2.45, 2.75) is 13.3 Å². The molecule has 1 aliphatic rings. The number of carbonyl (C=O) groups is 3. The molecular formula is C20H20ClN3O4. The summed E-state index contributed by atoms with van der Waals surface area (Å²) >= 11 is 6.21. The molecule has 0 aliphatic carbocycles. The first-order chi connectivity index (χ1) is 13.4. The van der Waals surface area contributed by atoms with E-state index in [0.29, 0.717) is 17.1 Å². The highest BCUT2D eigenvalue weighted by Gasteiger charge is 2.31. The molecule has 0 fully saturated rings. The Hall–Kier alpha value is -3.06. The van der Waals surface area contributed by atoms with E-state index in [0.717, 1.165) is 0 Å². The van der Waals surface area contributed by atoms with Gasteiger partial charge in [0, 0.05) is 18.7 Å². The number of nitrogens with zero attached hydrogens (tertiary/aromatic N) is 2. The summed E-state index contributed by atoms with van der Waals surface area (Å²) in [5.41, 5.74) is 7.45. The summed E-state index contributed by atoms with van der Waals surface area (Å²) in [6.45, 7) is 1.87. The molecule has 0 unspecified atom stereocenters. The number of anilines is 3. The molecule has 3 rings (SSSR count). The van der Waals surface area contributed by atoms with Crippen molar-refractivity contribution < 1.29 is 19.1 Å². The molecule has 0 saturated carbocycles. The van der Waals surface area contributed by atoms with Crippen molar-refractivity contribution in [2.24, 2.45) is 0 Å². The molecule has 0 saturated heterocycles. The van der Waals surface area contributed by atoms with Crippen molar-refractivity contribution in [2.75, 3.05) is 35.2 Å². The van der Waals surface area contributed by atoms with E-state index < -0.39 is 5.97 Å². The second-order valence-electron chi connectivity index (χ2n) is 6.22. The lowest BCUT2D eigenvalue weighted by atomic mass is 10.1. The Bertz CT molecular complexity index is 931. The smallest absolute Gasteiger partial charge is 0.326 e. The number of ether oxygens (including phenoxy) is 1. The molecule has 2 N–H and O–H groups in total. The van der Waals surface area contributed by atoms with Gasteiger partial charge in [0.05, 0.1) is 28.6 Å². The van der Waals surface area contributed by atoms with Gasteiger partial charge in [-0.3, -0.25) is 19.3 Å². The van der Waals surface area contributed by atoms with Crippen LogP contribution >= 0.6 is 11.6 Å². The fraction of sp³-hybridized carbons (Fsp3) is 0.250. The number of nitrogen functional groups attached to an aromatic ring is 1. The summed E-state index contributed by atoms with van der Waals surface area (Å²) in [5.74, 6) is -1.12. The van der Waals surface area contributed by atoms with Crippen molar-refractivity contribution in [3.05, 3.63) is 53.1 Å². The molecule has 2 amide bonds. The molecule has 8 heteroatoms. The lowest BCUT2D eigenvalue weighted by Gasteiger charge is -2.25. The van der Waals surface area contributed by atoms with Crippen LogP contribution in [0.15, 0.2) is 42.5 Å². The molecule has 2 aromatic carbocycles. The molecule has 2 aromatic rings. The van der Waals surface area contributed by atoms with Crippen molar-refractivity contribution in [1.82, 2.24) is 0 Å². The van der Waals surface area contributed by atoms with Gasteiger partial charge in [0.1, 0.15) is 6.54 Å². The Morgan fingerprint density at radius 2 is 1.89 bits per heavy atom. The van der Waals surface area contributed by atoms with E-state index in [1.165, 1.54) is 15.9 Å². The molecule has 1 aliphatic heterocycles. The number of benzene rings is 2. The van der Waals surface area contributed by atoms with E-state index in [2.05, 4.69) is 0 Å². The molecule has 0 aromatic heterocycles. The highest BCUT2D eigenvalue weighted by Crippen LogP contribution is 2.34. The van der Waals surface area contributed by atoms with E-state index in [-0.39, 0.29) is 48.5 Å². The molecule has 0 bridgehead atoms. The predicted molar refractivity (Wildman–Crippen MR) is 108 cm³/mol. The van der Waals surface area contributed by atoms with Crippen LogP contribution in [0, 0.1) is 0 Å². The van der Waals surface area contributed by atoms with Crippen LogP contribution in [0.5, 0.6) is 0 Å². The van der Waals surface area contributed by atoms with Gasteiger partial charge in [-0.05, 0) is 37.3 Å². The van der Waals surface area contributed by atoms with Gasteiger partial charge in [-0.15, -0.1) is 0 Å². The van der Waals surface area contributed by atoms with Gasteiger partial charge >= 0.3 is 5.97 Å². The maximum atomic E-state index is 13.2. The number of fused-ring (bicyclic) bond motifs is 1. The predicted octanol–water partition coefficient (Wildman–Crippen LogP) is 2.87. The average molecular weight is 402 g/mol. The molecule has 28 heavy (non-hydrogen) atoms. The second kappa shape index (κ2) is 8.31. The highest BCUT2D eigenvalue weighted by molar-refractivity contribution is 6.35. The Morgan fingerprint density at radius 3 is 2.57 bits per heavy atom. The number of amides is 2. The van der Waals surface area contributed by atoms with E-state index in [4.69, 9.17) is 22.1 Å². The average Bonchev–Trinajstić information content (AvgIpc) is 2.79. The van der Waals surface area contributed by atoms with Crippen LogP contribution in [-0.4, -0.2) is 37.5 Å². The summed E-state index contributed by atoms with van der Waals surface area (Å²) in [4.78, 5) is 40.6. The topological polar surface area (TPSA) is 92.9 Å². The Kier molecular flexibility index (Phi) is 5.84. The Labute approximate surface area is 167 Å². The lowest BCUT2D eigenvalue weighted by Crippen LogP contribution is -2.36. The van der Waals surface area contributed by atoms with Crippen molar-refractivity contribution in [3.8, 4) is 0 Å². The fourth-order valence-corrected chi connectivity index (χ4v) is 3.36. The third-order valence-corrected chi connectivity index (χ3v) is 4.69. The number of halogens is 1. The minimum absolute atomic E-state index is 0.0619. The maximum Gasteiger partial charge on any atom is 0.326 e. The SMILES string of the molecule is CCOC(=O)CN1C(=O)CCN(C(=O)c2ccc(N)cc2Cl)c2ccccc21. The van der Waals surface area contributed by atoms with Crippen LogP contribution in [0.4, 0.5) is 17.1 Å². The number of nitrogens with two attached hydrogens (primary N) is 1. The standard InChI is InChI=1S/C20H20ClN3O4/c1-2-28-19(26)12-24-17-6-4-3-5-16(17)23(10-9-18(24)25)20(27)14-8-7-13(22)11-15(14)21/h3-8,11H,2,9-10,12,22H2,1H3.